The smallest absolute Gasteiger partial charge is 0.243 e. The van der Waals surface area contributed by atoms with E-state index in [-0.39, 0.29) is 54.8 Å². The van der Waals surface area contributed by atoms with Crippen LogP contribution in [0, 0.1) is 17.8 Å². The van der Waals surface area contributed by atoms with Crippen molar-refractivity contribution < 1.29 is 42.5 Å². The monoisotopic (exact) mass is 833 g/mol. The number of anilines is 1. The predicted octanol–water partition coefficient (Wildman–Crippen LogP) is 7.74. The van der Waals surface area contributed by atoms with Crippen molar-refractivity contribution >= 4 is 39.1 Å². The Morgan fingerprint density at radius 1 is 1.03 bits per heavy atom. The zero-order chi connectivity index (χ0) is 41.5. The lowest BCUT2D eigenvalue weighted by atomic mass is 9.55. The molecule has 2 aliphatic carbocycles. The van der Waals surface area contributed by atoms with Crippen LogP contribution in [0.4, 0.5) is 5.69 Å². The van der Waals surface area contributed by atoms with Gasteiger partial charge in [-0.2, -0.15) is 4.31 Å². The van der Waals surface area contributed by atoms with Gasteiger partial charge in [-0.1, -0.05) is 30.1 Å². The zero-order valence-electron chi connectivity index (χ0n) is 33.6. The number of allylic oxidation sites excluding steroid dienone is 1. The maximum Gasteiger partial charge on any atom is 0.243 e. The van der Waals surface area contributed by atoms with E-state index in [1.54, 1.807) is 30.0 Å². The largest absolute Gasteiger partial charge is 0.460 e. The van der Waals surface area contributed by atoms with E-state index in [4.69, 9.17) is 19.0 Å². The first-order chi connectivity index (χ1) is 28.0. The van der Waals surface area contributed by atoms with Crippen molar-refractivity contribution in [3.8, 4) is 17.2 Å². The second-order valence-electron chi connectivity index (χ2n) is 15.0. The number of hydrogen-bond donors (Lipinski definition) is 3. The molecular weight excluding hydrogens is 779 g/mol. The molecule has 1 saturated carbocycles. The maximum atomic E-state index is 14.7. The van der Waals surface area contributed by atoms with Crippen LogP contribution < -0.4 is 14.8 Å². The number of carbonyl (C=O) groups is 1. The number of rotatable bonds is 19. The summed E-state index contributed by atoms with van der Waals surface area (Å²) in [5.74, 6) is -0.719. The third kappa shape index (κ3) is 9.02. The minimum Gasteiger partial charge on any atom is -0.460 e. The molecule has 0 spiro atoms. The van der Waals surface area contributed by atoms with Crippen molar-refractivity contribution in [3.05, 3.63) is 96.6 Å². The number of hydrogen-bond acceptors (Lipinski definition) is 11. The van der Waals surface area contributed by atoms with Crippen LogP contribution in [0.5, 0.6) is 17.2 Å². The molecule has 12 nitrogen and oxygen atoms in total. The fraction of sp³-hybridized carbons (Fsp3) is 0.455. The fourth-order valence-corrected chi connectivity index (χ4v) is 10.7. The van der Waals surface area contributed by atoms with Gasteiger partial charge in [0.1, 0.15) is 24.4 Å². The van der Waals surface area contributed by atoms with Crippen molar-refractivity contribution in [1.82, 2.24) is 4.31 Å². The summed E-state index contributed by atoms with van der Waals surface area (Å²) in [5, 5.41) is 26.9. The van der Waals surface area contributed by atoms with Crippen LogP contribution >= 0.6 is 11.8 Å². The summed E-state index contributed by atoms with van der Waals surface area (Å²) in [6.07, 6.45) is 10.5. The number of fused-ring (bicyclic) bond motifs is 2. The molecule has 58 heavy (non-hydrogen) atoms. The molecule has 6 unspecified atom stereocenters. The minimum absolute atomic E-state index is 0.00948. The second-order valence-corrected chi connectivity index (χ2v) is 17.8. The standard InChI is InChI=1S/C44H55N3O9S2/c1-6-25-54-44-41(47(3)58(51,52)35-20-13-31(14-21-35)45-29(2)50)28-39(46-53-4)37-26-30(11-7-9-23-48)36(12-8-10-24-49)42(43(37)44)38-27-33(17-22-40(38)56-44)55-32-15-18-34(57-5)19-16-32/h6,13-22,26-27,30,36,41-43,48-49H,1,7-12,23-25,28H2,2-5H3,(H,45,50). The van der Waals surface area contributed by atoms with E-state index < -0.39 is 27.8 Å². The van der Waals surface area contributed by atoms with Crippen molar-refractivity contribution in [2.24, 2.45) is 22.9 Å². The van der Waals surface area contributed by atoms with E-state index in [9.17, 15) is 23.4 Å². The van der Waals surface area contributed by atoms with Crippen LogP contribution in [-0.2, 0) is 24.4 Å². The average molecular weight is 834 g/mol. The van der Waals surface area contributed by atoms with E-state index >= 15 is 0 Å². The molecule has 3 aliphatic rings. The first-order valence-corrected chi connectivity index (χ1v) is 22.5. The zero-order valence-corrected chi connectivity index (χ0v) is 35.3. The number of sulfonamides is 1. The van der Waals surface area contributed by atoms with Gasteiger partial charge < -0.3 is 34.6 Å². The molecule has 0 bridgehead atoms. The van der Waals surface area contributed by atoms with Crippen molar-refractivity contribution in [3.63, 3.8) is 0 Å². The first kappa shape index (κ1) is 43.4. The molecule has 1 amide bonds. The van der Waals surface area contributed by atoms with E-state index in [0.29, 0.717) is 41.5 Å². The van der Waals surface area contributed by atoms with Crippen LogP contribution in [0.2, 0.25) is 0 Å². The van der Waals surface area contributed by atoms with Crippen LogP contribution in [0.25, 0.3) is 0 Å². The number of ether oxygens (including phenoxy) is 3. The molecular formula is C44H55N3O9S2. The Hall–Kier alpha value is -4.18. The summed E-state index contributed by atoms with van der Waals surface area (Å²) in [6.45, 7) is 5.57. The molecule has 0 radical (unpaired) electrons. The number of likely N-dealkylation sites (N-methyl/N-ethyl adjacent to an activating group) is 1. The summed E-state index contributed by atoms with van der Waals surface area (Å²) >= 11 is 1.65. The highest BCUT2D eigenvalue weighted by atomic mass is 32.2. The number of amides is 1. The molecule has 3 aromatic rings. The van der Waals surface area contributed by atoms with Crippen molar-refractivity contribution in [2.75, 3.05) is 45.6 Å². The Morgan fingerprint density at radius 3 is 2.36 bits per heavy atom. The minimum atomic E-state index is -4.19. The summed E-state index contributed by atoms with van der Waals surface area (Å²) in [5.41, 5.74) is 2.84. The molecule has 312 valence electrons. The normalized spacial score (nSPS) is 24.3. The summed E-state index contributed by atoms with van der Waals surface area (Å²) in [6, 6.07) is 18.8. The first-order valence-electron chi connectivity index (χ1n) is 19.8. The number of nitrogens with zero attached hydrogens (tertiary/aromatic N) is 2. The molecule has 0 saturated heterocycles. The molecule has 3 N–H and O–H groups in total. The topological polar surface area (TPSA) is 156 Å². The van der Waals surface area contributed by atoms with Gasteiger partial charge in [0.05, 0.1) is 29.2 Å². The van der Waals surface area contributed by atoms with Gasteiger partial charge in [0.2, 0.25) is 21.7 Å². The summed E-state index contributed by atoms with van der Waals surface area (Å²) < 4.78 is 51.2. The highest BCUT2D eigenvalue weighted by Crippen LogP contribution is 2.62. The van der Waals surface area contributed by atoms with Gasteiger partial charge in [-0.3, -0.25) is 4.79 Å². The Morgan fingerprint density at radius 2 is 1.72 bits per heavy atom. The summed E-state index contributed by atoms with van der Waals surface area (Å²) in [7, 11) is -1.18. The third-order valence-electron chi connectivity index (χ3n) is 11.4. The number of benzene rings is 3. The number of aliphatic hydroxyl groups is 2. The van der Waals surface area contributed by atoms with Crippen LogP contribution in [-0.4, -0.2) is 86.6 Å². The van der Waals surface area contributed by atoms with E-state index in [2.05, 4.69) is 23.1 Å². The van der Waals surface area contributed by atoms with Crippen LogP contribution in [0.1, 0.15) is 63.4 Å². The quantitative estimate of drug-likeness (QED) is 0.0473. The molecule has 1 fully saturated rings. The highest BCUT2D eigenvalue weighted by Gasteiger charge is 2.65. The number of unbranched alkanes of at least 4 members (excludes halogenated alkanes) is 2. The van der Waals surface area contributed by atoms with E-state index in [1.807, 2.05) is 48.7 Å². The number of carbonyl (C=O) groups excluding carboxylic acids is 1. The number of aliphatic hydroxyl groups excluding tert-OH is 2. The molecule has 6 rings (SSSR count). The van der Waals surface area contributed by atoms with Gasteiger partial charge in [0.15, 0.2) is 0 Å². The Labute approximate surface area is 346 Å². The van der Waals surface area contributed by atoms with Gasteiger partial charge in [-0.05, 0) is 116 Å². The molecule has 14 heteroatoms. The SMILES string of the molecule is C=CCOC12Oc3ccc(Oc4ccc(SC)cc4)cc3C3C(CCCCO)C(CCCCO)C=C(C(=NOC)CC1N(C)S(=O)(=O)c1ccc(NC(C)=O)cc1)C32. The van der Waals surface area contributed by atoms with Gasteiger partial charge in [-0.25, -0.2) is 8.42 Å². The lowest BCUT2D eigenvalue weighted by Gasteiger charge is -2.59. The highest BCUT2D eigenvalue weighted by molar-refractivity contribution is 7.98. The van der Waals surface area contributed by atoms with E-state index in [0.717, 1.165) is 41.7 Å². The lowest BCUT2D eigenvalue weighted by Crippen LogP contribution is -2.69. The average Bonchev–Trinajstić information content (AvgIpc) is 3.22. The van der Waals surface area contributed by atoms with Crippen molar-refractivity contribution in [1.29, 1.82) is 0 Å². The van der Waals surface area contributed by atoms with E-state index in [1.165, 1.54) is 37.5 Å². The second kappa shape index (κ2) is 19.3. The lowest BCUT2D eigenvalue weighted by molar-refractivity contribution is -0.250. The van der Waals surface area contributed by atoms with Gasteiger partial charge >= 0.3 is 0 Å². The maximum absolute atomic E-state index is 14.7. The van der Waals surface area contributed by atoms with Crippen LogP contribution in [0.15, 0.2) is 106 Å². The Kier molecular flexibility index (Phi) is 14.4. The summed E-state index contributed by atoms with van der Waals surface area (Å²) in [4.78, 5) is 18.3. The molecule has 1 aliphatic heterocycles. The molecule has 0 aromatic heterocycles. The number of thioether (sulfide) groups is 1. The Balaban J connectivity index is 1.55. The van der Waals surface area contributed by atoms with Gasteiger partial charge in [-0.15, -0.1) is 18.3 Å². The predicted molar refractivity (Wildman–Crippen MR) is 226 cm³/mol. The fourth-order valence-electron chi connectivity index (χ4n) is 8.90. The van der Waals surface area contributed by atoms with Crippen LogP contribution in [0.3, 0.4) is 0 Å². The van der Waals surface area contributed by atoms with Crippen molar-refractivity contribution in [2.45, 2.75) is 79.4 Å². The number of nitrogens with one attached hydrogen (secondary N) is 1. The molecule has 6 atom stereocenters. The van der Waals surface area contributed by atoms with Gasteiger partial charge in [0.25, 0.3) is 0 Å². The number of oxime groups is 1. The molecule has 1 heterocycles. The Bertz CT molecular complexity index is 2070. The van der Waals surface area contributed by atoms with Gasteiger partial charge in [0, 0.05) is 55.7 Å². The third-order valence-corrected chi connectivity index (χ3v) is 14.1. The molecule has 3 aromatic carbocycles.